The van der Waals surface area contributed by atoms with Gasteiger partial charge in [-0.3, -0.25) is 44.2 Å². The first-order valence-corrected chi connectivity index (χ1v) is 39.9. The summed E-state index contributed by atoms with van der Waals surface area (Å²) in [6, 6.07) is 17.3. The molecule has 10 rings (SSSR count). The minimum absolute atomic E-state index is 0. The van der Waals surface area contributed by atoms with E-state index in [2.05, 4.69) is 197 Å². The van der Waals surface area contributed by atoms with Crippen LogP contribution in [-0.2, 0) is 78.9 Å². The molecule has 4 aliphatic heterocycles. The van der Waals surface area contributed by atoms with Crippen molar-refractivity contribution in [3.8, 4) is 23.0 Å². The van der Waals surface area contributed by atoms with Crippen LogP contribution in [-0.4, -0.2) is 192 Å². The van der Waals surface area contributed by atoms with Gasteiger partial charge in [-0.05, 0) is 161 Å². The number of nitrogens with zero attached hydrogens (tertiary/aromatic N) is 8. The van der Waals surface area contributed by atoms with E-state index in [9.17, 15) is 20.4 Å². The third-order valence-electron chi connectivity index (χ3n) is 21.8. The summed E-state index contributed by atoms with van der Waals surface area (Å²) in [6.07, 6.45) is 24.8. The zero-order valence-corrected chi connectivity index (χ0v) is 71.3. The van der Waals surface area contributed by atoms with E-state index in [1.165, 1.54) is 86.2 Å². The van der Waals surface area contributed by atoms with Gasteiger partial charge in [-0.2, -0.15) is 0 Å². The molecular formula is C89H139Co2N9O10+2. The maximum atomic E-state index is 11.6. The van der Waals surface area contributed by atoms with Crippen LogP contribution in [0.2, 0.25) is 0 Å². The maximum Gasteiger partial charge on any atom is 0.503 e. The quantitative estimate of drug-likeness (QED) is 0.0374. The van der Waals surface area contributed by atoms with Crippen molar-refractivity contribution in [1.29, 1.82) is 0 Å². The molecule has 0 spiro atoms. The molecule has 4 unspecified atom stereocenters. The SMILES string of the molecule is C.CC(C)(C)c1cc(C=NC2CCCCC2N=Cc2cc(C(C)(C)C)cc(C(C)(C)C)c2O)c(O)c(CCCN2CCC[N+]3=C2CCCCC3)c1.CC(C)(C)c1cc(C=NC2CCCCC2N=Cc2cc(C(C)(C)C)cc(C(C)(C)C)c2O)c(O)c(CCCN2CCC[N+]3=C2NCCC3)c1.O=C(O)O.O=C(O)O.[Co].[Co]. The van der Waals surface area contributed by atoms with E-state index in [-0.39, 0.29) is 97.6 Å². The van der Waals surface area contributed by atoms with Gasteiger partial charge in [-0.1, -0.05) is 182 Å². The second-order valence-corrected chi connectivity index (χ2v) is 36.8. The number of carboxylic acid groups (broad SMARTS) is 4. The van der Waals surface area contributed by atoms with Crippen molar-refractivity contribution in [3.05, 3.63) is 115 Å². The number of hydrogen-bond acceptors (Lipinski definition) is 13. The molecule has 19 nitrogen and oxygen atoms in total. The van der Waals surface area contributed by atoms with E-state index >= 15 is 0 Å². The number of aryl methyl sites for hydroxylation is 2. The summed E-state index contributed by atoms with van der Waals surface area (Å²) in [5.74, 6) is 4.24. The number of benzene rings is 4. The Kier molecular flexibility index (Phi) is 36.2. The third-order valence-corrected chi connectivity index (χ3v) is 21.8. The Bertz CT molecular complexity index is 3850. The predicted molar refractivity (Wildman–Crippen MR) is 445 cm³/mol. The molecule has 2 radical (unpaired) electrons. The van der Waals surface area contributed by atoms with Gasteiger partial charge in [0.25, 0.3) is 0 Å². The second kappa shape index (κ2) is 41.7. The molecule has 0 bridgehead atoms. The van der Waals surface area contributed by atoms with Crippen LogP contribution in [0.5, 0.6) is 23.0 Å². The van der Waals surface area contributed by atoms with Gasteiger partial charge in [-0.25, -0.2) is 9.59 Å². The van der Waals surface area contributed by atoms with Gasteiger partial charge in [-0.15, -0.1) is 0 Å². The van der Waals surface area contributed by atoms with Crippen molar-refractivity contribution in [2.24, 2.45) is 20.0 Å². The number of phenols is 4. The fraction of sp³-hybridized carbons (Fsp3) is 0.640. The van der Waals surface area contributed by atoms with Gasteiger partial charge in [0.05, 0.1) is 83.1 Å². The minimum atomic E-state index is -1.83. The second-order valence-electron chi connectivity index (χ2n) is 36.8. The fourth-order valence-electron chi connectivity index (χ4n) is 15.4. The molecule has 0 aromatic heterocycles. The number of carbonyl (C=O) groups is 2. The van der Waals surface area contributed by atoms with Crippen LogP contribution in [0.4, 0.5) is 9.59 Å². The van der Waals surface area contributed by atoms with E-state index in [0.717, 1.165) is 167 Å². The number of nitrogens with one attached hydrogen (secondary N) is 1. The van der Waals surface area contributed by atoms with Crippen LogP contribution in [0.25, 0.3) is 0 Å². The van der Waals surface area contributed by atoms with Gasteiger partial charge in [0, 0.05) is 117 Å². The molecule has 2 saturated carbocycles. The van der Waals surface area contributed by atoms with Crippen molar-refractivity contribution < 1.29 is 93.1 Å². The number of phenolic OH excluding ortho intramolecular Hbond substituents is 4. The molecule has 616 valence electrons. The number of aliphatic imine (C=N–C) groups is 4. The molecule has 4 aromatic rings. The summed E-state index contributed by atoms with van der Waals surface area (Å²) >= 11 is 0. The normalized spacial score (nSPS) is 19.5. The Morgan fingerprint density at radius 2 is 0.736 bits per heavy atom. The van der Waals surface area contributed by atoms with Gasteiger partial charge < -0.3 is 40.9 Å². The Morgan fingerprint density at radius 3 is 1.10 bits per heavy atom. The number of amidine groups is 1. The zero-order chi connectivity index (χ0) is 79.0. The van der Waals surface area contributed by atoms with Crippen LogP contribution in [0.3, 0.4) is 0 Å². The molecule has 110 heavy (non-hydrogen) atoms. The van der Waals surface area contributed by atoms with E-state index in [1.54, 1.807) is 5.84 Å². The standard InChI is InChI=1S/C44H66N4O2.C42H63N5O2.2CH2O3.CH4.2Co/c1-42(2,3)34-25-31(17-15-22-48-24-16-23-47-21-14-10-11-20-39(47)48)40(49)32(26-34)29-45-37-18-12-13-19-38(37)46-30-33-27-35(43(4,5)6)28-36(41(33)50)44(7,8)9;1-40(2,3)32-23-29(15-12-19-46-21-14-22-47-20-13-18-43-39(46)47)37(48)30(24-32)27-44-35-16-10-11-17-36(35)45-28-31-25-33(41(4,5)6)26-34(38(31)49)42(7,8)9;2*2-1(3)4;;;/h25-30,37-38H,10-24H2,1-9H3,(H-,45,46,49,50);23-28,35-36H,10-22H2,1-9H3,(H2,44,45,48,49);2*(H2,2,3,4);1H4;;/p+2. The van der Waals surface area contributed by atoms with Crippen molar-refractivity contribution >= 4 is 49.0 Å². The number of hydrogen-bond donors (Lipinski definition) is 9. The van der Waals surface area contributed by atoms with Crippen molar-refractivity contribution in [2.75, 3.05) is 58.9 Å². The number of rotatable bonds is 16. The molecule has 9 N–H and O–H groups in total. The summed E-state index contributed by atoms with van der Waals surface area (Å²) in [5.41, 5.74) is 11.4. The van der Waals surface area contributed by atoms with Crippen molar-refractivity contribution in [1.82, 2.24) is 15.1 Å². The first-order valence-electron chi connectivity index (χ1n) is 39.9. The molecule has 4 aromatic carbocycles. The third kappa shape index (κ3) is 28.0. The zero-order valence-electron chi connectivity index (χ0n) is 69.2. The molecule has 2 fully saturated rings. The predicted octanol–water partition coefficient (Wildman–Crippen LogP) is 18.4. The Balaban J connectivity index is 0.000000413. The summed E-state index contributed by atoms with van der Waals surface area (Å²) in [6.45, 7) is 49.6. The molecule has 0 saturated heterocycles. The van der Waals surface area contributed by atoms with Gasteiger partial charge in [0.1, 0.15) is 23.0 Å². The number of guanidine groups is 1. The molecule has 6 aliphatic rings. The topological polar surface area (TPSA) is 270 Å². The van der Waals surface area contributed by atoms with E-state index in [1.807, 2.05) is 24.9 Å². The van der Waals surface area contributed by atoms with Gasteiger partial charge in [0.2, 0.25) is 5.84 Å². The summed E-state index contributed by atoms with van der Waals surface area (Å²) in [5, 5.41) is 77.4. The summed E-state index contributed by atoms with van der Waals surface area (Å²) < 4.78 is 5.14. The Hall–Kier alpha value is -6.95. The van der Waals surface area contributed by atoms with E-state index in [4.69, 9.17) is 50.0 Å². The van der Waals surface area contributed by atoms with Crippen LogP contribution in [0.15, 0.2) is 68.5 Å². The van der Waals surface area contributed by atoms with Crippen LogP contribution >= 0.6 is 0 Å². The van der Waals surface area contributed by atoms with Crippen LogP contribution < -0.4 is 5.32 Å². The molecule has 4 heterocycles. The smallest absolute Gasteiger partial charge is 0.503 e. The van der Waals surface area contributed by atoms with Crippen LogP contribution in [0, 0.1) is 0 Å². The largest absolute Gasteiger partial charge is 0.507 e. The summed E-state index contributed by atoms with van der Waals surface area (Å²) in [7, 11) is 0. The maximum absolute atomic E-state index is 11.6. The molecule has 21 heteroatoms. The van der Waals surface area contributed by atoms with Gasteiger partial charge >= 0.3 is 18.3 Å². The average Bonchev–Trinajstić information content (AvgIpc) is 1.02. The van der Waals surface area contributed by atoms with E-state index in [0.29, 0.717) is 23.0 Å². The molecule has 2 aliphatic carbocycles. The van der Waals surface area contributed by atoms with E-state index < -0.39 is 12.3 Å². The summed E-state index contributed by atoms with van der Waals surface area (Å²) in [4.78, 5) is 42.7. The monoisotopic (exact) mass is 1610 g/mol. The van der Waals surface area contributed by atoms with Gasteiger partial charge in [0.15, 0.2) is 0 Å². The van der Waals surface area contributed by atoms with Crippen LogP contribution in [0.1, 0.15) is 308 Å². The molecule has 4 atom stereocenters. The Labute approximate surface area is 680 Å². The van der Waals surface area contributed by atoms with Crippen molar-refractivity contribution in [2.45, 2.75) is 311 Å². The Morgan fingerprint density at radius 1 is 0.418 bits per heavy atom. The first kappa shape index (κ1) is 95.4. The fourth-order valence-corrected chi connectivity index (χ4v) is 15.4. The molecular weight excluding hydrogens is 1470 g/mol. The molecule has 0 amide bonds. The first-order chi connectivity index (χ1) is 50.0. The average molecular weight is 1610 g/mol. The number of aromatic hydroxyl groups is 4. The minimum Gasteiger partial charge on any atom is -0.507 e. The van der Waals surface area contributed by atoms with Crippen molar-refractivity contribution in [3.63, 3.8) is 0 Å².